The number of amides is 1. The number of para-hydroxylation sites is 1. The van der Waals surface area contributed by atoms with Crippen LogP contribution in [0.2, 0.25) is 0 Å². The first kappa shape index (κ1) is 21.1. The van der Waals surface area contributed by atoms with Crippen molar-refractivity contribution in [1.82, 2.24) is 4.90 Å². The van der Waals surface area contributed by atoms with Gasteiger partial charge in [0.25, 0.3) is 5.69 Å². The quantitative estimate of drug-likeness (QED) is 0.396. The standard InChI is InChI=1S/C21H24N2O5/c1-15-8-10-17(11-9-15)14-22(13-16(2)21(25)28-3)20(24)12-18-6-4-5-7-19(18)23(26)27/h4-11,16H,12-14H2,1-3H3. The van der Waals surface area contributed by atoms with Gasteiger partial charge in [0, 0.05) is 24.7 Å². The van der Waals surface area contributed by atoms with E-state index in [0.29, 0.717) is 12.1 Å². The Balaban J connectivity index is 2.24. The molecule has 7 nitrogen and oxygen atoms in total. The van der Waals surface area contributed by atoms with Crippen molar-refractivity contribution in [3.8, 4) is 0 Å². The second-order valence-electron chi connectivity index (χ2n) is 6.75. The number of rotatable bonds is 8. The Morgan fingerprint density at radius 2 is 1.79 bits per heavy atom. The fraction of sp³-hybridized carbons (Fsp3) is 0.333. The van der Waals surface area contributed by atoms with E-state index in [4.69, 9.17) is 4.74 Å². The molecule has 1 amide bonds. The summed E-state index contributed by atoms with van der Waals surface area (Å²) in [6.07, 6.45) is -0.114. The van der Waals surface area contributed by atoms with Crippen LogP contribution in [0.15, 0.2) is 48.5 Å². The average molecular weight is 384 g/mol. The summed E-state index contributed by atoms with van der Waals surface area (Å²) in [5.74, 6) is -1.21. The Labute approximate surface area is 164 Å². The molecule has 0 heterocycles. The van der Waals surface area contributed by atoms with Crippen LogP contribution in [-0.4, -0.2) is 35.4 Å². The molecule has 0 spiro atoms. The van der Waals surface area contributed by atoms with Crippen LogP contribution in [0.1, 0.15) is 23.6 Å². The van der Waals surface area contributed by atoms with Crippen molar-refractivity contribution < 1.29 is 19.2 Å². The third-order valence-corrected chi connectivity index (χ3v) is 4.47. The lowest BCUT2D eigenvalue weighted by Gasteiger charge is -2.25. The van der Waals surface area contributed by atoms with Gasteiger partial charge in [0.2, 0.25) is 5.91 Å². The molecule has 2 aromatic rings. The van der Waals surface area contributed by atoms with E-state index in [1.54, 1.807) is 30.0 Å². The molecule has 7 heteroatoms. The van der Waals surface area contributed by atoms with Crippen LogP contribution in [0.3, 0.4) is 0 Å². The maximum Gasteiger partial charge on any atom is 0.310 e. The number of hydrogen-bond donors (Lipinski definition) is 0. The van der Waals surface area contributed by atoms with Gasteiger partial charge >= 0.3 is 5.97 Å². The summed E-state index contributed by atoms with van der Waals surface area (Å²) in [7, 11) is 1.30. The highest BCUT2D eigenvalue weighted by atomic mass is 16.6. The van der Waals surface area contributed by atoms with Gasteiger partial charge in [0.1, 0.15) is 0 Å². The van der Waals surface area contributed by atoms with Crippen molar-refractivity contribution >= 4 is 17.6 Å². The number of nitrogens with zero attached hydrogens (tertiary/aromatic N) is 2. The highest BCUT2D eigenvalue weighted by molar-refractivity contribution is 5.81. The molecule has 0 aromatic heterocycles. The Kier molecular flexibility index (Phi) is 7.26. The van der Waals surface area contributed by atoms with Crippen molar-refractivity contribution in [3.05, 3.63) is 75.3 Å². The van der Waals surface area contributed by atoms with Gasteiger partial charge < -0.3 is 9.64 Å². The molecule has 0 saturated carbocycles. The minimum atomic E-state index is -0.509. The lowest BCUT2D eigenvalue weighted by atomic mass is 10.1. The van der Waals surface area contributed by atoms with Crippen LogP contribution in [0.5, 0.6) is 0 Å². The van der Waals surface area contributed by atoms with Crippen LogP contribution >= 0.6 is 0 Å². The molecule has 0 aliphatic heterocycles. The van der Waals surface area contributed by atoms with Gasteiger partial charge in [-0.2, -0.15) is 0 Å². The number of esters is 1. The summed E-state index contributed by atoms with van der Waals surface area (Å²) in [4.78, 5) is 37.0. The largest absolute Gasteiger partial charge is 0.469 e. The van der Waals surface area contributed by atoms with Crippen LogP contribution < -0.4 is 0 Å². The molecule has 1 unspecified atom stereocenters. The number of nitro benzene ring substituents is 1. The fourth-order valence-corrected chi connectivity index (χ4v) is 2.89. The zero-order chi connectivity index (χ0) is 20.7. The van der Waals surface area contributed by atoms with E-state index >= 15 is 0 Å². The number of carbonyl (C=O) groups is 2. The molecular formula is C21H24N2O5. The van der Waals surface area contributed by atoms with Gasteiger partial charge in [-0.25, -0.2) is 0 Å². The van der Waals surface area contributed by atoms with E-state index in [2.05, 4.69) is 0 Å². The van der Waals surface area contributed by atoms with E-state index < -0.39 is 16.8 Å². The van der Waals surface area contributed by atoms with Crippen molar-refractivity contribution in [2.24, 2.45) is 5.92 Å². The monoisotopic (exact) mass is 384 g/mol. The van der Waals surface area contributed by atoms with Crippen LogP contribution in [0.25, 0.3) is 0 Å². The minimum Gasteiger partial charge on any atom is -0.469 e. The van der Waals surface area contributed by atoms with Crippen molar-refractivity contribution in [2.75, 3.05) is 13.7 Å². The minimum absolute atomic E-state index is 0.0906. The predicted octanol–water partition coefficient (Wildman–Crippen LogP) is 3.28. The maximum absolute atomic E-state index is 13.0. The van der Waals surface area contributed by atoms with Gasteiger partial charge in [-0.15, -0.1) is 0 Å². The number of hydrogen-bond acceptors (Lipinski definition) is 5. The molecule has 0 radical (unpaired) electrons. The second-order valence-corrected chi connectivity index (χ2v) is 6.75. The second kappa shape index (κ2) is 9.64. The maximum atomic E-state index is 13.0. The smallest absolute Gasteiger partial charge is 0.310 e. The molecule has 0 aliphatic carbocycles. The summed E-state index contributed by atoms with van der Waals surface area (Å²) in [5, 5.41) is 11.2. The topological polar surface area (TPSA) is 89.8 Å². The lowest BCUT2D eigenvalue weighted by Crippen LogP contribution is -2.37. The zero-order valence-corrected chi connectivity index (χ0v) is 16.3. The Hall–Kier alpha value is -3.22. The first-order chi connectivity index (χ1) is 13.3. The summed E-state index contributed by atoms with van der Waals surface area (Å²) < 4.78 is 4.76. The fourth-order valence-electron chi connectivity index (χ4n) is 2.89. The molecule has 0 fully saturated rings. The molecule has 0 bridgehead atoms. The van der Waals surface area contributed by atoms with Crippen LogP contribution in [-0.2, 0) is 27.3 Å². The first-order valence-electron chi connectivity index (χ1n) is 8.95. The number of aryl methyl sites for hydroxylation is 1. The van der Waals surface area contributed by atoms with E-state index in [9.17, 15) is 19.7 Å². The Morgan fingerprint density at radius 3 is 2.39 bits per heavy atom. The molecule has 2 rings (SSSR count). The molecule has 0 aliphatic rings. The average Bonchev–Trinajstić information content (AvgIpc) is 2.68. The SMILES string of the molecule is COC(=O)C(C)CN(Cc1ccc(C)cc1)C(=O)Cc1ccccc1[N+](=O)[O-]. The number of nitro groups is 1. The zero-order valence-electron chi connectivity index (χ0n) is 16.3. The lowest BCUT2D eigenvalue weighted by molar-refractivity contribution is -0.385. The van der Waals surface area contributed by atoms with Crippen molar-refractivity contribution in [3.63, 3.8) is 0 Å². The number of benzene rings is 2. The molecule has 1 atom stereocenters. The number of ether oxygens (including phenoxy) is 1. The van der Waals surface area contributed by atoms with Crippen molar-refractivity contribution in [2.45, 2.75) is 26.8 Å². The van der Waals surface area contributed by atoms with Crippen LogP contribution in [0, 0.1) is 23.0 Å². The first-order valence-corrected chi connectivity index (χ1v) is 8.95. The highest BCUT2D eigenvalue weighted by Gasteiger charge is 2.24. The van der Waals surface area contributed by atoms with Gasteiger partial charge in [-0.05, 0) is 12.5 Å². The highest BCUT2D eigenvalue weighted by Crippen LogP contribution is 2.20. The summed E-state index contributed by atoms with van der Waals surface area (Å²) in [6, 6.07) is 13.9. The van der Waals surface area contributed by atoms with Gasteiger partial charge in [-0.1, -0.05) is 55.0 Å². The van der Waals surface area contributed by atoms with E-state index in [0.717, 1.165) is 11.1 Å². The Morgan fingerprint density at radius 1 is 1.14 bits per heavy atom. The summed E-state index contributed by atoms with van der Waals surface area (Å²) in [6.45, 7) is 4.13. The molecule has 2 aromatic carbocycles. The van der Waals surface area contributed by atoms with Crippen LogP contribution in [0.4, 0.5) is 5.69 Å². The Bertz CT molecular complexity index is 848. The van der Waals surface area contributed by atoms with Gasteiger partial charge in [-0.3, -0.25) is 19.7 Å². The molecule has 28 heavy (non-hydrogen) atoms. The third-order valence-electron chi connectivity index (χ3n) is 4.47. The predicted molar refractivity (Wildman–Crippen MR) is 105 cm³/mol. The van der Waals surface area contributed by atoms with E-state index in [-0.39, 0.29) is 24.6 Å². The summed E-state index contributed by atoms with van der Waals surface area (Å²) >= 11 is 0. The van der Waals surface area contributed by atoms with Gasteiger partial charge in [0.15, 0.2) is 0 Å². The van der Waals surface area contributed by atoms with Gasteiger partial charge in [0.05, 0.1) is 24.4 Å². The normalized spacial score (nSPS) is 11.5. The molecule has 0 N–H and O–H groups in total. The number of methoxy groups -OCH3 is 1. The van der Waals surface area contributed by atoms with E-state index in [1.807, 2.05) is 31.2 Å². The van der Waals surface area contributed by atoms with Crippen molar-refractivity contribution in [1.29, 1.82) is 0 Å². The third kappa shape index (κ3) is 5.64. The molecular weight excluding hydrogens is 360 g/mol. The molecule has 0 saturated heterocycles. The summed E-state index contributed by atoms with van der Waals surface area (Å²) in [5.41, 5.74) is 2.27. The number of carbonyl (C=O) groups excluding carboxylic acids is 2. The molecule has 148 valence electrons. The van der Waals surface area contributed by atoms with E-state index in [1.165, 1.54) is 13.2 Å².